The Hall–Kier alpha value is -0.320. The summed E-state index contributed by atoms with van der Waals surface area (Å²) in [5.41, 5.74) is 0. The van der Waals surface area contributed by atoms with Crippen molar-refractivity contribution < 1.29 is 9.53 Å². The van der Waals surface area contributed by atoms with Crippen molar-refractivity contribution in [2.24, 2.45) is 5.92 Å². The van der Waals surface area contributed by atoms with E-state index in [2.05, 4.69) is 10.2 Å². The third kappa shape index (κ3) is 2.59. The van der Waals surface area contributed by atoms with Crippen LogP contribution in [0.4, 0.5) is 0 Å². The first-order valence-corrected chi connectivity index (χ1v) is 6.45. The summed E-state index contributed by atoms with van der Waals surface area (Å²) in [7, 11) is 0. The van der Waals surface area contributed by atoms with Gasteiger partial charge in [-0.05, 0) is 31.7 Å². The number of nitrogens with one attached hydrogen (secondary N) is 1. The van der Waals surface area contributed by atoms with Crippen molar-refractivity contribution in [2.75, 3.05) is 26.3 Å². The van der Waals surface area contributed by atoms with Crippen LogP contribution in [-0.4, -0.2) is 49.2 Å². The fourth-order valence-electron chi connectivity index (χ4n) is 3.27. The van der Waals surface area contributed by atoms with Crippen LogP contribution in [0.2, 0.25) is 0 Å². The summed E-state index contributed by atoms with van der Waals surface area (Å²) in [6.07, 6.45) is 4.09. The molecule has 0 aliphatic carbocycles. The molecule has 0 aromatic carbocycles. The van der Waals surface area contributed by atoms with Gasteiger partial charge in [-0.25, -0.2) is 0 Å². The third-order valence-electron chi connectivity index (χ3n) is 4.22. The van der Waals surface area contributed by atoms with Crippen molar-refractivity contribution in [3.63, 3.8) is 0 Å². The molecule has 4 nitrogen and oxygen atoms in total. The zero-order valence-corrected chi connectivity index (χ0v) is 10.9. The monoisotopic (exact) mass is 260 g/mol. The van der Waals surface area contributed by atoms with Gasteiger partial charge in [0.15, 0.2) is 0 Å². The summed E-state index contributed by atoms with van der Waals surface area (Å²) >= 11 is 0. The Kier molecular flexibility index (Phi) is 4.28. The lowest BCUT2D eigenvalue weighted by Crippen LogP contribution is -2.40. The van der Waals surface area contributed by atoms with Crippen molar-refractivity contribution in [2.45, 2.75) is 37.8 Å². The highest BCUT2D eigenvalue weighted by atomic mass is 35.5. The summed E-state index contributed by atoms with van der Waals surface area (Å²) in [6.45, 7) is 3.79. The molecule has 0 bridgehead atoms. The molecule has 3 saturated heterocycles. The molecule has 1 amide bonds. The average molecular weight is 261 g/mol. The fraction of sp³-hybridized carbons (Fsp3) is 0.917. The molecule has 0 aromatic rings. The molecule has 0 saturated carbocycles. The van der Waals surface area contributed by atoms with Crippen molar-refractivity contribution >= 4 is 18.3 Å². The van der Waals surface area contributed by atoms with Crippen molar-refractivity contribution in [3.8, 4) is 0 Å². The zero-order valence-electron chi connectivity index (χ0n) is 10.1. The predicted molar refractivity (Wildman–Crippen MR) is 67.3 cm³/mol. The number of fused-ring (bicyclic) bond motifs is 1. The summed E-state index contributed by atoms with van der Waals surface area (Å²) < 4.78 is 5.36. The Morgan fingerprint density at radius 1 is 1.29 bits per heavy atom. The van der Waals surface area contributed by atoms with Crippen LogP contribution >= 0.6 is 12.4 Å². The number of rotatable bonds is 2. The first-order valence-electron chi connectivity index (χ1n) is 6.45. The Morgan fingerprint density at radius 3 is 2.82 bits per heavy atom. The quantitative estimate of drug-likeness (QED) is 0.799. The molecule has 0 aromatic heterocycles. The van der Waals surface area contributed by atoms with Gasteiger partial charge in [0, 0.05) is 38.3 Å². The number of halogens is 1. The minimum atomic E-state index is 0. The molecule has 0 spiro atoms. The normalized spacial score (nSPS) is 33.6. The van der Waals surface area contributed by atoms with Gasteiger partial charge in [0.05, 0.1) is 0 Å². The van der Waals surface area contributed by atoms with Gasteiger partial charge in [0.1, 0.15) is 0 Å². The van der Waals surface area contributed by atoms with E-state index >= 15 is 0 Å². The molecule has 3 aliphatic heterocycles. The molecular weight excluding hydrogens is 240 g/mol. The molecule has 3 rings (SSSR count). The largest absolute Gasteiger partial charge is 0.381 e. The maximum Gasteiger partial charge on any atom is 0.224 e. The molecule has 98 valence electrons. The summed E-state index contributed by atoms with van der Waals surface area (Å²) in [5.74, 6) is 1.02. The predicted octanol–water partition coefficient (Wildman–Crippen LogP) is 0.798. The lowest BCUT2D eigenvalue weighted by atomic mass is 9.99. The molecule has 0 radical (unpaired) electrons. The van der Waals surface area contributed by atoms with Gasteiger partial charge in [0.2, 0.25) is 5.91 Å². The first kappa shape index (κ1) is 13.1. The zero-order chi connectivity index (χ0) is 11.0. The van der Waals surface area contributed by atoms with E-state index in [1.165, 1.54) is 0 Å². The number of ether oxygens (including phenoxy) is 1. The van der Waals surface area contributed by atoms with Gasteiger partial charge in [-0.15, -0.1) is 12.4 Å². The Labute approximate surface area is 108 Å². The van der Waals surface area contributed by atoms with Crippen molar-refractivity contribution in [1.82, 2.24) is 10.2 Å². The number of carbonyl (C=O) groups excluding carboxylic acids is 1. The number of nitrogens with zero attached hydrogens (tertiary/aromatic N) is 1. The van der Waals surface area contributed by atoms with E-state index < -0.39 is 0 Å². The van der Waals surface area contributed by atoms with E-state index in [1.54, 1.807) is 0 Å². The second kappa shape index (κ2) is 5.55. The van der Waals surface area contributed by atoms with Crippen LogP contribution in [0.3, 0.4) is 0 Å². The minimum Gasteiger partial charge on any atom is -0.381 e. The lowest BCUT2D eigenvalue weighted by Gasteiger charge is -2.30. The topological polar surface area (TPSA) is 41.6 Å². The van der Waals surface area contributed by atoms with E-state index in [4.69, 9.17) is 4.74 Å². The van der Waals surface area contributed by atoms with Gasteiger partial charge < -0.3 is 15.0 Å². The average Bonchev–Trinajstić information content (AvgIpc) is 2.84. The van der Waals surface area contributed by atoms with Crippen LogP contribution in [0.1, 0.15) is 25.7 Å². The Balaban J connectivity index is 0.00000108. The molecule has 17 heavy (non-hydrogen) atoms. The second-order valence-corrected chi connectivity index (χ2v) is 5.22. The van der Waals surface area contributed by atoms with Gasteiger partial charge in [-0.3, -0.25) is 4.79 Å². The molecule has 3 aliphatic rings. The van der Waals surface area contributed by atoms with Crippen LogP contribution in [-0.2, 0) is 9.53 Å². The summed E-state index contributed by atoms with van der Waals surface area (Å²) in [4.78, 5) is 14.1. The van der Waals surface area contributed by atoms with E-state index in [-0.39, 0.29) is 12.4 Å². The van der Waals surface area contributed by atoms with Crippen LogP contribution in [0.15, 0.2) is 0 Å². The third-order valence-corrected chi connectivity index (χ3v) is 4.22. The van der Waals surface area contributed by atoms with E-state index in [1.807, 2.05) is 0 Å². The number of hydrogen-bond donors (Lipinski definition) is 1. The lowest BCUT2D eigenvalue weighted by molar-refractivity contribution is -0.130. The van der Waals surface area contributed by atoms with Crippen molar-refractivity contribution in [3.05, 3.63) is 0 Å². The van der Waals surface area contributed by atoms with Crippen LogP contribution in [0, 0.1) is 5.92 Å². The van der Waals surface area contributed by atoms with Crippen LogP contribution in [0.5, 0.6) is 0 Å². The van der Waals surface area contributed by atoms with Crippen LogP contribution < -0.4 is 5.32 Å². The van der Waals surface area contributed by atoms with E-state index in [0.29, 0.717) is 30.3 Å². The molecule has 5 heteroatoms. The standard InChI is InChI=1S/C12H20N2O2.ClH/c15-12-7-10-11(1-4-13-10)14(12)8-9-2-5-16-6-3-9;/h9-11,13H,1-8H2;1H/t10-,11-;/m1./s1. The molecule has 1 N–H and O–H groups in total. The van der Waals surface area contributed by atoms with Gasteiger partial charge >= 0.3 is 0 Å². The smallest absolute Gasteiger partial charge is 0.224 e. The van der Waals surface area contributed by atoms with E-state index in [0.717, 1.165) is 45.6 Å². The molecule has 3 fully saturated rings. The number of carbonyl (C=O) groups is 1. The van der Waals surface area contributed by atoms with E-state index in [9.17, 15) is 4.79 Å². The van der Waals surface area contributed by atoms with Gasteiger partial charge in [0.25, 0.3) is 0 Å². The minimum absolute atomic E-state index is 0. The summed E-state index contributed by atoms with van der Waals surface area (Å²) in [6, 6.07) is 0.919. The molecule has 3 heterocycles. The number of amides is 1. The van der Waals surface area contributed by atoms with Gasteiger partial charge in [-0.1, -0.05) is 0 Å². The highest BCUT2D eigenvalue weighted by Gasteiger charge is 2.42. The second-order valence-electron chi connectivity index (χ2n) is 5.22. The Morgan fingerprint density at radius 2 is 2.06 bits per heavy atom. The molecule has 2 atom stereocenters. The Bertz CT molecular complexity index is 282. The summed E-state index contributed by atoms with van der Waals surface area (Å²) in [5, 5.41) is 3.43. The highest BCUT2D eigenvalue weighted by Crippen LogP contribution is 2.28. The van der Waals surface area contributed by atoms with Gasteiger partial charge in [-0.2, -0.15) is 0 Å². The fourth-order valence-corrected chi connectivity index (χ4v) is 3.27. The first-order chi connectivity index (χ1) is 7.84. The maximum atomic E-state index is 11.9. The SMILES string of the molecule is Cl.O=C1C[C@H]2NCC[C@H]2N1CC1CCOCC1. The molecular formula is C12H21ClN2O2. The van der Waals surface area contributed by atoms with Crippen LogP contribution in [0.25, 0.3) is 0 Å². The highest BCUT2D eigenvalue weighted by molar-refractivity contribution is 5.85. The maximum absolute atomic E-state index is 11.9. The van der Waals surface area contributed by atoms with Crippen molar-refractivity contribution in [1.29, 1.82) is 0 Å². The number of likely N-dealkylation sites (tertiary alicyclic amines) is 1. The molecule has 0 unspecified atom stereocenters. The number of hydrogen-bond acceptors (Lipinski definition) is 3.